The number of halogens is 4. The number of nitrogens with one attached hydrogen (secondary N) is 1. The van der Waals surface area contributed by atoms with E-state index in [2.05, 4.69) is 5.32 Å². The maximum atomic E-state index is 12.7. The largest absolute Gasteiger partial charge is 0.484 e. The standard InChI is InChI=1S/C16H13Cl4NO4S/c17-11-6-8-13(9-7-11)26(23,24)15(16(18,19)20)21-14(22)10-25-12-4-2-1-3-5-12/h1-9,15H,10H2,(H,21,22)/t15-/m0/s1. The third-order valence-electron chi connectivity index (χ3n) is 3.15. The highest BCUT2D eigenvalue weighted by molar-refractivity contribution is 7.92. The van der Waals surface area contributed by atoms with Crippen LogP contribution in [0, 0.1) is 0 Å². The van der Waals surface area contributed by atoms with Crippen LogP contribution >= 0.6 is 46.4 Å². The fraction of sp³-hybridized carbons (Fsp3) is 0.188. The van der Waals surface area contributed by atoms with Crippen molar-refractivity contribution in [2.75, 3.05) is 6.61 Å². The average Bonchev–Trinajstić information content (AvgIpc) is 2.58. The number of alkyl halides is 3. The molecule has 0 saturated heterocycles. The van der Waals surface area contributed by atoms with E-state index in [0.717, 1.165) is 0 Å². The van der Waals surface area contributed by atoms with Gasteiger partial charge in [0.2, 0.25) is 13.6 Å². The topological polar surface area (TPSA) is 72.5 Å². The van der Waals surface area contributed by atoms with Gasteiger partial charge in [0.05, 0.1) is 4.90 Å². The number of carbonyl (C=O) groups is 1. The zero-order valence-electron chi connectivity index (χ0n) is 13.0. The smallest absolute Gasteiger partial charge is 0.259 e. The van der Waals surface area contributed by atoms with Crippen molar-refractivity contribution in [3.63, 3.8) is 0 Å². The number of amides is 1. The van der Waals surface area contributed by atoms with Crippen molar-refractivity contribution in [1.82, 2.24) is 5.32 Å². The molecule has 0 aromatic heterocycles. The highest BCUT2D eigenvalue weighted by Crippen LogP contribution is 2.36. The zero-order chi connectivity index (χ0) is 19.4. The molecule has 0 aliphatic rings. The second-order valence-electron chi connectivity index (χ2n) is 5.09. The Hall–Kier alpha value is -1.18. The summed E-state index contributed by atoms with van der Waals surface area (Å²) < 4.78 is 28.5. The Labute approximate surface area is 171 Å². The number of sulfone groups is 1. The molecule has 0 spiro atoms. The molecule has 10 heteroatoms. The van der Waals surface area contributed by atoms with E-state index in [1.54, 1.807) is 30.3 Å². The van der Waals surface area contributed by atoms with Crippen LogP contribution in [-0.2, 0) is 14.6 Å². The summed E-state index contributed by atoms with van der Waals surface area (Å²) in [4.78, 5) is 12.0. The minimum atomic E-state index is -4.20. The summed E-state index contributed by atoms with van der Waals surface area (Å²) in [6.07, 6.45) is 0. The summed E-state index contributed by atoms with van der Waals surface area (Å²) >= 11 is 23.1. The Morgan fingerprint density at radius 1 is 1.04 bits per heavy atom. The van der Waals surface area contributed by atoms with Gasteiger partial charge in [-0.05, 0) is 36.4 Å². The molecule has 2 aromatic rings. The van der Waals surface area contributed by atoms with E-state index in [9.17, 15) is 13.2 Å². The fourth-order valence-corrected chi connectivity index (χ4v) is 4.72. The second-order valence-corrected chi connectivity index (χ2v) is 9.93. The Kier molecular flexibility index (Phi) is 7.05. The van der Waals surface area contributed by atoms with Crippen molar-refractivity contribution >= 4 is 62.1 Å². The van der Waals surface area contributed by atoms with E-state index < -0.39 is 31.5 Å². The van der Waals surface area contributed by atoms with E-state index in [-0.39, 0.29) is 4.90 Å². The minimum absolute atomic E-state index is 0.150. The van der Waals surface area contributed by atoms with Gasteiger partial charge in [0.15, 0.2) is 12.0 Å². The molecule has 0 radical (unpaired) electrons. The SMILES string of the molecule is O=C(COc1ccccc1)N[C@H](C(Cl)(Cl)Cl)S(=O)(=O)c1ccc(Cl)cc1. The van der Waals surface area contributed by atoms with Gasteiger partial charge in [-0.3, -0.25) is 4.79 Å². The maximum absolute atomic E-state index is 12.7. The van der Waals surface area contributed by atoms with E-state index in [1.807, 2.05) is 0 Å². The first-order valence-electron chi connectivity index (χ1n) is 7.14. The first-order valence-corrected chi connectivity index (χ1v) is 10.2. The molecule has 0 aliphatic heterocycles. The highest BCUT2D eigenvalue weighted by Gasteiger charge is 2.44. The molecule has 1 amide bonds. The Balaban J connectivity index is 2.17. The molecular weight excluding hydrogens is 444 g/mol. The van der Waals surface area contributed by atoms with E-state index in [1.165, 1.54) is 24.3 Å². The summed E-state index contributed by atoms with van der Waals surface area (Å²) in [5.74, 6) is -0.323. The van der Waals surface area contributed by atoms with Gasteiger partial charge < -0.3 is 10.1 Å². The van der Waals surface area contributed by atoms with Crippen molar-refractivity contribution in [2.24, 2.45) is 0 Å². The summed E-state index contributed by atoms with van der Waals surface area (Å²) in [5.41, 5.74) is 0. The van der Waals surface area contributed by atoms with Crippen LogP contribution in [0.5, 0.6) is 5.75 Å². The maximum Gasteiger partial charge on any atom is 0.259 e. The van der Waals surface area contributed by atoms with Crippen LogP contribution in [0.15, 0.2) is 59.5 Å². The molecule has 0 aliphatic carbocycles. The van der Waals surface area contributed by atoms with Crippen molar-refractivity contribution in [1.29, 1.82) is 0 Å². The lowest BCUT2D eigenvalue weighted by atomic mass is 10.3. The summed E-state index contributed by atoms with van der Waals surface area (Å²) in [6.45, 7) is -0.447. The molecule has 1 atom stereocenters. The predicted molar refractivity (Wildman–Crippen MR) is 103 cm³/mol. The molecule has 2 aromatic carbocycles. The van der Waals surface area contributed by atoms with Crippen molar-refractivity contribution in [3.05, 3.63) is 59.6 Å². The first kappa shape index (κ1) is 21.1. The van der Waals surface area contributed by atoms with Crippen LogP contribution < -0.4 is 10.1 Å². The van der Waals surface area contributed by atoms with Gasteiger partial charge in [0.1, 0.15) is 5.75 Å². The van der Waals surface area contributed by atoms with Crippen LogP contribution in [-0.4, -0.2) is 30.1 Å². The quantitative estimate of drug-likeness (QED) is 0.666. The van der Waals surface area contributed by atoms with Crippen LogP contribution in [0.2, 0.25) is 5.02 Å². The van der Waals surface area contributed by atoms with Gasteiger partial charge in [0.25, 0.3) is 5.91 Å². The Morgan fingerprint density at radius 2 is 1.62 bits per heavy atom. The van der Waals surface area contributed by atoms with Gasteiger partial charge in [-0.15, -0.1) is 0 Å². The van der Waals surface area contributed by atoms with E-state index in [0.29, 0.717) is 10.8 Å². The van der Waals surface area contributed by atoms with Gasteiger partial charge >= 0.3 is 0 Å². The molecule has 0 bridgehead atoms. The van der Waals surface area contributed by atoms with Crippen LogP contribution in [0.4, 0.5) is 0 Å². The number of hydrogen-bond acceptors (Lipinski definition) is 4. The minimum Gasteiger partial charge on any atom is -0.484 e. The summed E-state index contributed by atoms with van der Waals surface area (Å²) in [6, 6.07) is 13.8. The molecule has 0 unspecified atom stereocenters. The molecule has 5 nitrogen and oxygen atoms in total. The van der Waals surface area contributed by atoms with Gasteiger partial charge in [0, 0.05) is 5.02 Å². The van der Waals surface area contributed by atoms with Gasteiger partial charge in [-0.25, -0.2) is 8.42 Å². The molecule has 140 valence electrons. The molecule has 0 fully saturated rings. The van der Waals surface area contributed by atoms with Gasteiger partial charge in [-0.1, -0.05) is 64.6 Å². The van der Waals surface area contributed by atoms with Crippen LogP contribution in [0.25, 0.3) is 0 Å². The predicted octanol–water partition coefficient (Wildman–Crippen LogP) is 4.01. The van der Waals surface area contributed by atoms with Crippen molar-refractivity contribution in [3.8, 4) is 5.75 Å². The third-order valence-corrected chi connectivity index (χ3v) is 6.47. The van der Waals surface area contributed by atoms with Crippen LogP contribution in [0.3, 0.4) is 0 Å². The molecule has 0 heterocycles. The summed E-state index contributed by atoms with van der Waals surface area (Å²) in [7, 11) is -4.20. The number of para-hydroxylation sites is 1. The first-order chi connectivity index (χ1) is 12.1. The van der Waals surface area contributed by atoms with E-state index in [4.69, 9.17) is 51.1 Å². The highest BCUT2D eigenvalue weighted by atomic mass is 35.6. The number of hydrogen-bond donors (Lipinski definition) is 1. The number of carbonyl (C=O) groups excluding carboxylic acids is 1. The lowest BCUT2D eigenvalue weighted by molar-refractivity contribution is -0.123. The molecule has 0 saturated carbocycles. The molecular formula is C16H13Cl4NO4S. The molecule has 2 rings (SSSR count). The lowest BCUT2D eigenvalue weighted by Crippen LogP contribution is -2.50. The summed E-state index contributed by atoms with van der Waals surface area (Å²) in [5, 5.41) is 0.730. The number of rotatable bonds is 6. The van der Waals surface area contributed by atoms with Crippen LogP contribution in [0.1, 0.15) is 0 Å². The van der Waals surface area contributed by atoms with Crippen molar-refractivity contribution in [2.45, 2.75) is 14.1 Å². The molecule has 1 N–H and O–H groups in total. The Bertz CT molecular complexity index is 852. The lowest BCUT2D eigenvalue weighted by Gasteiger charge is -2.25. The Morgan fingerprint density at radius 3 is 2.15 bits per heavy atom. The van der Waals surface area contributed by atoms with Crippen molar-refractivity contribution < 1.29 is 17.9 Å². The average molecular weight is 457 g/mol. The number of ether oxygens (including phenoxy) is 1. The number of benzene rings is 2. The zero-order valence-corrected chi connectivity index (χ0v) is 16.9. The monoisotopic (exact) mass is 455 g/mol. The molecule has 26 heavy (non-hydrogen) atoms. The van der Waals surface area contributed by atoms with Gasteiger partial charge in [-0.2, -0.15) is 0 Å². The van der Waals surface area contributed by atoms with E-state index >= 15 is 0 Å². The third kappa shape index (κ3) is 5.66. The second kappa shape index (κ2) is 8.67. The fourth-order valence-electron chi connectivity index (χ4n) is 1.95. The normalized spacial score (nSPS) is 13.1.